The number of aldehydes is 1. The van der Waals surface area contributed by atoms with E-state index < -0.39 is 35.7 Å². The molecule has 0 fully saturated rings. The molecular weight excluding hydrogens is 253 g/mol. The summed E-state index contributed by atoms with van der Waals surface area (Å²) in [7, 11) is 0. The van der Waals surface area contributed by atoms with Crippen molar-refractivity contribution in [3.8, 4) is 11.6 Å². The number of carbonyl (C=O) groups is 1. The number of halogens is 5. The molecule has 0 bridgehead atoms. The third-order valence-corrected chi connectivity index (χ3v) is 1.58. The third-order valence-electron chi connectivity index (χ3n) is 1.58. The number of ether oxygens (including phenoxy) is 1. The summed E-state index contributed by atoms with van der Waals surface area (Å²) < 4.78 is 63.4. The van der Waals surface area contributed by atoms with E-state index in [1.807, 2.05) is 0 Å². The summed E-state index contributed by atoms with van der Waals surface area (Å²) in [4.78, 5) is 13.2. The van der Waals surface area contributed by atoms with Crippen molar-refractivity contribution in [3.05, 3.63) is 17.3 Å². The van der Waals surface area contributed by atoms with E-state index >= 15 is 0 Å². The highest BCUT2D eigenvalue weighted by molar-refractivity contribution is 5.73. The molecule has 0 aliphatic rings. The van der Waals surface area contributed by atoms with Crippen LogP contribution in [-0.4, -0.2) is 22.7 Å². The Hall–Kier alpha value is -1.93. The van der Waals surface area contributed by atoms with Crippen LogP contribution in [0.2, 0.25) is 0 Å². The van der Waals surface area contributed by atoms with Gasteiger partial charge in [0.05, 0.1) is 5.56 Å². The minimum Gasteiger partial charge on any atom is -0.503 e. The SMILES string of the molecule is O=Cc1cc(C(F)F)c(O)c(OC(F)(F)F)n1. The van der Waals surface area contributed by atoms with Crippen LogP contribution in [0.1, 0.15) is 22.5 Å². The monoisotopic (exact) mass is 257 g/mol. The second-order valence-corrected chi connectivity index (χ2v) is 2.76. The van der Waals surface area contributed by atoms with Gasteiger partial charge >= 0.3 is 6.36 Å². The first-order chi connectivity index (χ1) is 7.74. The van der Waals surface area contributed by atoms with Crippen LogP contribution in [0.15, 0.2) is 6.07 Å². The van der Waals surface area contributed by atoms with Gasteiger partial charge in [-0.25, -0.2) is 13.8 Å². The average molecular weight is 257 g/mol. The highest BCUT2D eigenvalue weighted by Gasteiger charge is 2.34. The molecule has 0 saturated heterocycles. The molecule has 94 valence electrons. The van der Waals surface area contributed by atoms with Gasteiger partial charge in [-0.2, -0.15) is 0 Å². The summed E-state index contributed by atoms with van der Waals surface area (Å²) in [6.07, 6.45) is -8.53. The molecule has 0 aliphatic heterocycles. The lowest BCUT2D eigenvalue weighted by atomic mass is 10.2. The van der Waals surface area contributed by atoms with Crippen molar-refractivity contribution in [3.63, 3.8) is 0 Å². The molecule has 0 radical (unpaired) electrons. The molecule has 0 amide bonds. The van der Waals surface area contributed by atoms with Crippen LogP contribution in [-0.2, 0) is 0 Å². The van der Waals surface area contributed by atoms with E-state index in [1.165, 1.54) is 0 Å². The van der Waals surface area contributed by atoms with Crippen molar-refractivity contribution in [2.45, 2.75) is 12.8 Å². The van der Waals surface area contributed by atoms with E-state index in [0.29, 0.717) is 6.07 Å². The molecule has 0 aliphatic carbocycles. The number of aromatic nitrogens is 1. The number of rotatable bonds is 3. The van der Waals surface area contributed by atoms with Crippen LogP contribution >= 0.6 is 0 Å². The fraction of sp³-hybridized carbons (Fsp3) is 0.250. The highest BCUT2D eigenvalue weighted by Crippen LogP contribution is 2.37. The lowest BCUT2D eigenvalue weighted by Crippen LogP contribution is -2.18. The Morgan fingerprint density at radius 1 is 1.41 bits per heavy atom. The molecule has 0 aromatic carbocycles. The average Bonchev–Trinajstić information content (AvgIpc) is 2.18. The molecule has 1 N–H and O–H groups in total. The predicted octanol–water partition coefficient (Wildman–Crippen LogP) is 2.44. The number of hydrogen-bond acceptors (Lipinski definition) is 4. The van der Waals surface area contributed by atoms with Gasteiger partial charge in [-0.05, 0) is 6.07 Å². The molecule has 9 heteroatoms. The van der Waals surface area contributed by atoms with E-state index in [-0.39, 0.29) is 6.29 Å². The Kier molecular flexibility index (Phi) is 3.49. The van der Waals surface area contributed by atoms with Gasteiger partial charge < -0.3 is 9.84 Å². The van der Waals surface area contributed by atoms with E-state index in [1.54, 1.807) is 0 Å². The lowest BCUT2D eigenvalue weighted by molar-refractivity contribution is -0.276. The Morgan fingerprint density at radius 3 is 2.41 bits per heavy atom. The van der Waals surface area contributed by atoms with Crippen molar-refractivity contribution in [2.24, 2.45) is 0 Å². The zero-order chi connectivity index (χ0) is 13.2. The van der Waals surface area contributed by atoms with E-state index in [2.05, 4.69) is 9.72 Å². The molecule has 0 saturated carbocycles. The summed E-state index contributed by atoms with van der Waals surface area (Å²) in [5.41, 5.74) is -1.88. The number of carbonyl (C=O) groups excluding carboxylic acids is 1. The Morgan fingerprint density at radius 2 is 2.00 bits per heavy atom. The number of alkyl halides is 5. The molecule has 1 aromatic rings. The van der Waals surface area contributed by atoms with Crippen LogP contribution in [0, 0.1) is 0 Å². The van der Waals surface area contributed by atoms with Gasteiger partial charge in [0, 0.05) is 0 Å². The maximum atomic E-state index is 12.3. The highest BCUT2D eigenvalue weighted by atomic mass is 19.4. The second kappa shape index (κ2) is 4.52. The van der Waals surface area contributed by atoms with Crippen LogP contribution < -0.4 is 4.74 Å². The summed E-state index contributed by atoms with van der Waals surface area (Å²) in [5, 5.41) is 9.06. The van der Waals surface area contributed by atoms with Crippen molar-refractivity contribution >= 4 is 6.29 Å². The van der Waals surface area contributed by atoms with E-state index in [4.69, 9.17) is 5.11 Å². The molecule has 1 heterocycles. The van der Waals surface area contributed by atoms with E-state index in [9.17, 15) is 26.7 Å². The van der Waals surface area contributed by atoms with Crippen molar-refractivity contribution in [1.29, 1.82) is 0 Å². The lowest BCUT2D eigenvalue weighted by Gasteiger charge is -2.12. The molecule has 0 unspecified atom stereocenters. The quantitative estimate of drug-likeness (QED) is 0.667. The maximum Gasteiger partial charge on any atom is 0.574 e. The Balaban J connectivity index is 3.29. The van der Waals surface area contributed by atoms with Gasteiger partial charge in [0.15, 0.2) is 12.0 Å². The van der Waals surface area contributed by atoms with Crippen LogP contribution in [0.25, 0.3) is 0 Å². The van der Waals surface area contributed by atoms with Gasteiger partial charge in [-0.1, -0.05) is 0 Å². The van der Waals surface area contributed by atoms with Crippen LogP contribution in [0.5, 0.6) is 11.6 Å². The number of pyridine rings is 1. The minimum atomic E-state index is -5.22. The maximum absolute atomic E-state index is 12.3. The topological polar surface area (TPSA) is 59.4 Å². The summed E-state index contributed by atoms with van der Waals surface area (Å²) >= 11 is 0. The first-order valence-electron chi connectivity index (χ1n) is 3.97. The minimum absolute atomic E-state index is 0.0471. The Bertz CT molecular complexity index is 432. The van der Waals surface area contributed by atoms with Gasteiger partial charge in [-0.3, -0.25) is 4.79 Å². The van der Waals surface area contributed by atoms with Crippen LogP contribution in [0.3, 0.4) is 0 Å². The molecular formula is C8H4F5NO3. The standard InChI is InChI=1S/C8H4F5NO3/c9-6(10)4-1-3(2-15)14-7(5(4)16)17-8(11,12)13/h1-2,6,16H. The zero-order valence-corrected chi connectivity index (χ0v) is 7.83. The number of aromatic hydroxyl groups is 1. The predicted molar refractivity (Wildman–Crippen MR) is 42.9 cm³/mol. The molecule has 17 heavy (non-hydrogen) atoms. The van der Waals surface area contributed by atoms with Gasteiger partial charge in [0.1, 0.15) is 5.69 Å². The van der Waals surface area contributed by atoms with Gasteiger partial charge in [-0.15, -0.1) is 13.2 Å². The largest absolute Gasteiger partial charge is 0.574 e. The second-order valence-electron chi connectivity index (χ2n) is 2.76. The van der Waals surface area contributed by atoms with Gasteiger partial charge in [0.25, 0.3) is 12.3 Å². The number of nitrogens with zero attached hydrogens (tertiary/aromatic N) is 1. The summed E-state index contributed by atoms with van der Waals surface area (Å²) in [6.45, 7) is 0. The van der Waals surface area contributed by atoms with Crippen molar-refractivity contribution in [1.82, 2.24) is 4.98 Å². The fourth-order valence-electron chi connectivity index (χ4n) is 0.961. The fourth-order valence-corrected chi connectivity index (χ4v) is 0.961. The third kappa shape index (κ3) is 3.26. The first kappa shape index (κ1) is 13.1. The molecule has 1 rings (SSSR count). The molecule has 0 atom stereocenters. The van der Waals surface area contributed by atoms with Crippen molar-refractivity contribution in [2.75, 3.05) is 0 Å². The number of hydrogen-bond donors (Lipinski definition) is 1. The zero-order valence-electron chi connectivity index (χ0n) is 7.83. The summed E-state index contributed by atoms with van der Waals surface area (Å²) in [5.74, 6) is -2.94. The Labute approximate surface area is 90.6 Å². The molecule has 1 aromatic heterocycles. The smallest absolute Gasteiger partial charge is 0.503 e. The summed E-state index contributed by atoms with van der Waals surface area (Å²) in [6, 6.07) is 0.468. The molecule has 4 nitrogen and oxygen atoms in total. The van der Waals surface area contributed by atoms with Crippen molar-refractivity contribution < 1.29 is 36.6 Å². The van der Waals surface area contributed by atoms with Gasteiger partial charge in [0.2, 0.25) is 0 Å². The van der Waals surface area contributed by atoms with E-state index in [0.717, 1.165) is 0 Å². The normalized spacial score (nSPS) is 11.6. The van der Waals surface area contributed by atoms with Crippen LogP contribution in [0.4, 0.5) is 22.0 Å². The molecule has 0 spiro atoms. The first-order valence-corrected chi connectivity index (χ1v) is 3.97.